The van der Waals surface area contributed by atoms with Crippen LogP contribution in [0.1, 0.15) is 10.9 Å². The van der Waals surface area contributed by atoms with Crippen molar-refractivity contribution in [3.63, 3.8) is 0 Å². The second-order valence-electron chi connectivity index (χ2n) is 4.17. The second-order valence-corrected chi connectivity index (χ2v) is 5.15. The maximum absolute atomic E-state index is 12.9. The number of carbonyl (C=O) groups excluding carboxylic acids is 1. The van der Waals surface area contributed by atoms with E-state index in [4.69, 9.17) is 5.73 Å². The molecule has 2 heterocycles. The van der Waals surface area contributed by atoms with E-state index in [2.05, 4.69) is 0 Å². The van der Waals surface area contributed by atoms with Gasteiger partial charge in [-0.2, -0.15) is 0 Å². The molecule has 1 amide bonds. The first-order chi connectivity index (χ1) is 8.68. The first-order valence-corrected chi connectivity index (χ1v) is 6.44. The van der Waals surface area contributed by atoms with Crippen LogP contribution in [-0.2, 0) is 4.79 Å². The van der Waals surface area contributed by atoms with Crippen molar-refractivity contribution in [3.05, 3.63) is 52.5 Å². The van der Waals surface area contributed by atoms with Crippen LogP contribution in [0.4, 0.5) is 10.1 Å². The monoisotopic (exact) mass is 262 g/mol. The van der Waals surface area contributed by atoms with E-state index in [0.717, 1.165) is 4.88 Å². The van der Waals surface area contributed by atoms with Crippen molar-refractivity contribution in [2.75, 3.05) is 4.90 Å². The van der Waals surface area contributed by atoms with E-state index < -0.39 is 6.04 Å². The molecular formula is C13H11FN2OS. The molecule has 3 rings (SSSR count). The topological polar surface area (TPSA) is 46.3 Å². The summed E-state index contributed by atoms with van der Waals surface area (Å²) in [6, 6.07) is 9.13. The third-order valence-electron chi connectivity index (χ3n) is 3.08. The number of carbonyl (C=O) groups is 1. The summed E-state index contributed by atoms with van der Waals surface area (Å²) in [5.74, 6) is -0.441. The third kappa shape index (κ3) is 1.63. The van der Waals surface area contributed by atoms with Gasteiger partial charge < -0.3 is 10.6 Å². The van der Waals surface area contributed by atoms with E-state index in [9.17, 15) is 9.18 Å². The molecule has 0 aliphatic carbocycles. The van der Waals surface area contributed by atoms with Gasteiger partial charge in [-0.15, -0.1) is 11.3 Å². The van der Waals surface area contributed by atoms with Crippen molar-refractivity contribution in [2.45, 2.75) is 12.1 Å². The van der Waals surface area contributed by atoms with Gasteiger partial charge in [-0.25, -0.2) is 4.39 Å². The van der Waals surface area contributed by atoms with Gasteiger partial charge in [-0.05, 0) is 35.7 Å². The van der Waals surface area contributed by atoms with Gasteiger partial charge in [0.15, 0.2) is 0 Å². The summed E-state index contributed by atoms with van der Waals surface area (Å²) in [5.41, 5.74) is 6.54. The third-order valence-corrected chi connectivity index (χ3v) is 4.02. The molecule has 5 heteroatoms. The Balaban J connectivity index is 1.95. The minimum atomic E-state index is -0.506. The number of rotatable bonds is 2. The highest BCUT2D eigenvalue weighted by Gasteiger charge is 2.47. The lowest BCUT2D eigenvalue weighted by Gasteiger charge is -2.44. The minimum absolute atomic E-state index is 0.125. The van der Waals surface area contributed by atoms with Crippen LogP contribution in [0.3, 0.4) is 0 Å². The van der Waals surface area contributed by atoms with Gasteiger partial charge in [0, 0.05) is 10.6 Å². The van der Waals surface area contributed by atoms with Crippen molar-refractivity contribution in [1.29, 1.82) is 0 Å². The van der Waals surface area contributed by atoms with Gasteiger partial charge in [0.25, 0.3) is 0 Å². The van der Waals surface area contributed by atoms with Crippen LogP contribution in [0.25, 0.3) is 0 Å². The molecule has 1 aromatic carbocycles. The summed E-state index contributed by atoms with van der Waals surface area (Å²) in [6.07, 6.45) is 0. The Hall–Kier alpha value is -1.72. The fourth-order valence-electron chi connectivity index (χ4n) is 2.16. The molecule has 1 aliphatic rings. The molecule has 2 atom stereocenters. The van der Waals surface area contributed by atoms with Gasteiger partial charge in [-0.1, -0.05) is 6.07 Å². The van der Waals surface area contributed by atoms with Crippen LogP contribution < -0.4 is 10.6 Å². The number of hydrogen-bond donors (Lipinski definition) is 1. The molecule has 0 spiro atoms. The Morgan fingerprint density at radius 1 is 1.22 bits per heavy atom. The number of β-lactam (4-membered cyclic amide) rings is 1. The fourth-order valence-corrected chi connectivity index (χ4v) is 3.03. The highest BCUT2D eigenvalue weighted by molar-refractivity contribution is 7.10. The lowest BCUT2D eigenvalue weighted by atomic mass is 9.93. The van der Waals surface area contributed by atoms with E-state index in [0.29, 0.717) is 5.69 Å². The lowest BCUT2D eigenvalue weighted by molar-refractivity contribution is -0.126. The van der Waals surface area contributed by atoms with E-state index >= 15 is 0 Å². The van der Waals surface area contributed by atoms with Crippen LogP contribution in [-0.4, -0.2) is 11.9 Å². The van der Waals surface area contributed by atoms with E-state index in [1.807, 2.05) is 17.5 Å². The molecule has 1 saturated heterocycles. The fraction of sp³-hybridized carbons (Fsp3) is 0.154. The zero-order valence-corrected chi connectivity index (χ0v) is 10.2. The van der Waals surface area contributed by atoms with Gasteiger partial charge in [0.1, 0.15) is 11.9 Å². The summed E-state index contributed by atoms with van der Waals surface area (Å²) < 4.78 is 12.9. The van der Waals surface area contributed by atoms with Crippen LogP contribution >= 0.6 is 11.3 Å². The SMILES string of the molecule is N[C@@H]1C(=O)N(c2ccc(F)cc2)[C@H]1c1cccs1. The summed E-state index contributed by atoms with van der Waals surface area (Å²) in [4.78, 5) is 14.5. The van der Waals surface area contributed by atoms with Crippen LogP contribution in [0.15, 0.2) is 41.8 Å². The number of hydrogen-bond acceptors (Lipinski definition) is 3. The first-order valence-electron chi connectivity index (χ1n) is 5.56. The Morgan fingerprint density at radius 2 is 1.94 bits per heavy atom. The van der Waals surface area contributed by atoms with Crippen LogP contribution in [0.5, 0.6) is 0 Å². The standard InChI is InChI=1S/C13H11FN2OS/c14-8-3-5-9(6-4-8)16-12(11(15)13(16)17)10-2-1-7-18-10/h1-7,11-12H,15H2/t11-,12-/m0/s1. The number of benzene rings is 1. The average molecular weight is 262 g/mol. The van der Waals surface area contributed by atoms with Crippen molar-refractivity contribution in [2.24, 2.45) is 5.73 Å². The second kappa shape index (κ2) is 4.19. The Bertz CT molecular complexity index is 567. The molecule has 3 nitrogen and oxygen atoms in total. The number of thiophene rings is 1. The van der Waals surface area contributed by atoms with Crippen molar-refractivity contribution in [3.8, 4) is 0 Å². The van der Waals surface area contributed by atoms with E-state index in [-0.39, 0.29) is 17.8 Å². The number of anilines is 1. The molecule has 0 radical (unpaired) electrons. The number of nitrogens with two attached hydrogens (primary N) is 1. The molecule has 1 fully saturated rings. The first kappa shape index (κ1) is 11.4. The zero-order chi connectivity index (χ0) is 12.7. The molecule has 0 unspecified atom stereocenters. The summed E-state index contributed by atoms with van der Waals surface area (Å²) >= 11 is 1.57. The smallest absolute Gasteiger partial charge is 0.247 e. The number of amides is 1. The van der Waals surface area contributed by atoms with Crippen LogP contribution in [0, 0.1) is 5.82 Å². The highest BCUT2D eigenvalue weighted by Crippen LogP contribution is 2.39. The summed E-state index contributed by atoms with van der Waals surface area (Å²) in [5, 5.41) is 1.95. The normalized spacial score (nSPS) is 23.0. The van der Waals surface area contributed by atoms with Crippen molar-refractivity contribution >= 4 is 22.9 Å². The summed E-state index contributed by atoms with van der Waals surface area (Å²) in [7, 11) is 0. The number of halogens is 1. The number of nitrogens with zero attached hydrogens (tertiary/aromatic N) is 1. The van der Waals surface area contributed by atoms with Gasteiger partial charge in [0.05, 0.1) is 6.04 Å². The maximum Gasteiger partial charge on any atom is 0.247 e. The van der Waals surface area contributed by atoms with E-state index in [1.54, 1.807) is 28.4 Å². The maximum atomic E-state index is 12.9. The molecular weight excluding hydrogens is 251 g/mol. The lowest BCUT2D eigenvalue weighted by Crippen LogP contribution is -2.63. The molecule has 1 aromatic heterocycles. The summed E-state index contributed by atoms with van der Waals surface area (Å²) in [6.45, 7) is 0. The predicted molar refractivity (Wildman–Crippen MR) is 68.9 cm³/mol. The molecule has 1 aliphatic heterocycles. The van der Waals surface area contributed by atoms with Gasteiger partial charge in [-0.3, -0.25) is 4.79 Å². The van der Waals surface area contributed by atoms with Crippen molar-refractivity contribution in [1.82, 2.24) is 0 Å². The Morgan fingerprint density at radius 3 is 2.56 bits per heavy atom. The zero-order valence-electron chi connectivity index (χ0n) is 9.42. The molecule has 0 saturated carbocycles. The Kier molecular flexibility index (Phi) is 2.65. The van der Waals surface area contributed by atoms with E-state index in [1.165, 1.54) is 12.1 Å². The molecule has 0 bridgehead atoms. The minimum Gasteiger partial charge on any atom is -0.318 e. The molecule has 2 aromatic rings. The highest BCUT2D eigenvalue weighted by atomic mass is 32.1. The van der Waals surface area contributed by atoms with Gasteiger partial charge in [0.2, 0.25) is 5.91 Å². The predicted octanol–water partition coefficient (Wildman–Crippen LogP) is 2.30. The van der Waals surface area contributed by atoms with Crippen LogP contribution in [0.2, 0.25) is 0 Å². The molecule has 92 valence electrons. The largest absolute Gasteiger partial charge is 0.318 e. The quantitative estimate of drug-likeness (QED) is 0.844. The average Bonchev–Trinajstić information content (AvgIpc) is 2.89. The van der Waals surface area contributed by atoms with Crippen molar-refractivity contribution < 1.29 is 9.18 Å². The van der Waals surface area contributed by atoms with Gasteiger partial charge >= 0.3 is 0 Å². The molecule has 2 N–H and O–H groups in total. The molecule has 18 heavy (non-hydrogen) atoms. The Labute approximate surface area is 108 Å².